The normalized spacial score (nSPS) is 22.0. The molecule has 0 amide bonds. The topological polar surface area (TPSA) is 24.5 Å². The lowest BCUT2D eigenvalue weighted by Gasteiger charge is -2.26. The van der Waals surface area contributed by atoms with Crippen LogP contribution in [0.2, 0.25) is 0 Å². The summed E-state index contributed by atoms with van der Waals surface area (Å²) in [4.78, 5) is 2.65. The average molecular weight is 288 g/mol. The molecule has 21 heavy (non-hydrogen) atoms. The van der Waals surface area contributed by atoms with Gasteiger partial charge in [-0.2, -0.15) is 0 Å². The number of hydrogen-bond donors (Lipinski definition) is 1. The molecule has 3 rings (SSSR count). The number of benzene rings is 1. The third kappa shape index (κ3) is 4.21. The summed E-state index contributed by atoms with van der Waals surface area (Å²) in [6, 6.07) is 7.30. The van der Waals surface area contributed by atoms with Crippen molar-refractivity contribution in [3.8, 4) is 5.75 Å². The predicted molar refractivity (Wildman–Crippen MR) is 86.8 cm³/mol. The lowest BCUT2D eigenvalue weighted by atomic mass is 10.1. The molecular weight excluding hydrogens is 260 g/mol. The predicted octanol–water partition coefficient (Wildman–Crippen LogP) is 2.97. The van der Waals surface area contributed by atoms with Crippen LogP contribution in [0.25, 0.3) is 0 Å². The van der Waals surface area contributed by atoms with Gasteiger partial charge in [-0.3, -0.25) is 4.90 Å². The standard InChI is InChI=1S/C18H28N2O/c1-14-10-16(7-8-18(14)21-2)12-20(11-15-5-6-15)13-17-4-3-9-19-17/h7-8,10,15,17,19H,3-6,9,11-13H2,1-2H3. The number of rotatable bonds is 7. The van der Waals surface area contributed by atoms with Gasteiger partial charge in [-0.1, -0.05) is 12.1 Å². The molecule has 3 nitrogen and oxygen atoms in total. The van der Waals surface area contributed by atoms with Crippen LogP contribution in [0.15, 0.2) is 18.2 Å². The first kappa shape index (κ1) is 14.9. The highest BCUT2D eigenvalue weighted by Crippen LogP contribution is 2.30. The van der Waals surface area contributed by atoms with Crippen molar-refractivity contribution in [2.24, 2.45) is 5.92 Å². The molecule has 1 heterocycles. The highest BCUT2D eigenvalue weighted by Gasteiger charge is 2.26. The molecule has 1 aliphatic heterocycles. The Morgan fingerprint density at radius 1 is 1.24 bits per heavy atom. The van der Waals surface area contributed by atoms with Crippen molar-refractivity contribution in [1.29, 1.82) is 0 Å². The molecule has 1 unspecified atom stereocenters. The Morgan fingerprint density at radius 3 is 2.71 bits per heavy atom. The summed E-state index contributed by atoms with van der Waals surface area (Å²) in [6.45, 7) is 6.86. The molecule has 0 aromatic heterocycles. The van der Waals surface area contributed by atoms with Crippen LogP contribution >= 0.6 is 0 Å². The van der Waals surface area contributed by atoms with Gasteiger partial charge in [-0.25, -0.2) is 0 Å². The highest BCUT2D eigenvalue weighted by atomic mass is 16.5. The van der Waals surface area contributed by atoms with E-state index >= 15 is 0 Å². The number of methoxy groups -OCH3 is 1. The van der Waals surface area contributed by atoms with Crippen LogP contribution in [-0.2, 0) is 6.54 Å². The number of ether oxygens (including phenoxy) is 1. The smallest absolute Gasteiger partial charge is 0.121 e. The van der Waals surface area contributed by atoms with Crippen molar-refractivity contribution in [3.05, 3.63) is 29.3 Å². The van der Waals surface area contributed by atoms with E-state index in [9.17, 15) is 0 Å². The fraction of sp³-hybridized carbons (Fsp3) is 0.667. The van der Waals surface area contributed by atoms with Crippen LogP contribution in [0, 0.1) is 12.8 Å². The lowest BCUT2D eigenvalue weighted by Crippen LogP contribution is -2.38. The van der Waals surface area contributed by atoms with Gasteiger partial charge in [-0.05, 0) is 62.3 Å². The molecule has 2 fully saturated rings. The molecule has 0 spiro atoms. The van der Waals surface area contributed by atoms with Gasteiger partial charge in [0.1, 0.15) is 5.75 Å². The van der Waals surface area contributed by atoms with Crippen LogP contribution in [0.1, 0.15) is 36.8 Å². The van der Waals surface area contributed by atoms with E-state index in [2.05, 4.69) is 35.3 Å². The first-order chi connectivity index (χ1) is 10.2. The van der Waals surface area contributed by atoms with Crippen molar-refractivity contribution < 1.29 is 4.74 Å². The fourth-order valence-electron chi connectivity index (χ4n) is 3.39. The van der Waals surface area contributed by atoms with E-state index in [0.717, 1.165) is 18.2 Å². The Morgan fingerprint density at radius 2 is 2.10 bits per heavy atom. The van der Waals surface area contributed by atoms with Gasteiger partial charge in [0.05, 0.1) is 7.11 Å². The summed E-state index contributed by atoms with van der Waals surface area (Å²) in [6.07, 6.45) is 5.53. The summed E-state index contributed by atoms with van der Waals surface area (Å²) < 4.78 is 5.36. The van der Waals surface area contributed by atoms with Gasteiger partial charge < -0.3 is 10.1 Å². The second kappa shape index (κ2) is 6.80. The monoisotopic (exact) mass is 288 g/mol. The Kier molecular flexibility index (Phi) is 4.81. The summed E-state index contributed by atoms with van der Waals surface area (Å²) >= 11 is 0. The molecule has 1 N–H and O–H groups in total. The van der Waals surface area contributed by atoms with Gasteiger partial charge in [0.2, 0.25) is 0 Å². The van der Waals surface area contributed by atoms with Gasteiger partial charge in [0.25, 0.3) is 0 Å². The molecule has 2 aliphatic rings. The largest absolute Gasteiger partial charge is 0.496 e. The molecule has 3 heteroatoms. The van der Waals surface area contributed by atoms with E-state index in [1.54, 1.807) is 7.11 Å². The third-order valence-corrected chi connectivity index (χ3v) is 4.72. The van der Waals surface area contributed by atoms with E-state index in [4.69, 9.17) is 4.74 Å². The molecule has 1 aromatic rings. The SMILES string of the molecule is COc1ccc(CN(CC2CC2)CC2CCCN2)cc1C. The zero-order chi connectivity index (χ0) is 14.7. The molecule has 1 atom stereocenters. The van der Waals surface area contributed by atoms with Crippen LogP contribution < -0.4 is 10.1 Å². The van der Waals surface area contributed by atoms with Crippen LogP contribution in [-0.4, -0.2) is 37.7 Å². The second-order valence-electron chi connectivity index (χ2n) is 6.73. The zero-order valence-electron chi connectivity index (χ0n) is 13.4. The summed E-state index contributed by atoms with van der Waals surface area (Å²) in [5.41, 5.74) is 2.65. The maximum absolute atomic E-state index is 5.36. The number of nitrogens with zero attached hydrogens (tertiary/aromatic N) is 1. The Hall–Kier alpha value is -1.06. The van der Waals surface area contributed by atoms with Gasteiger partial charge in [0, 0.05) is 25.7 Å². The maximum atomic E-state index is 5.36. The van der Waals surface area contributed by atoms with Gasteiger partial charge in [0.15, 0.2) is 0 Å². The Balaban J connectivity index is 1.63. The van der Waals surface area contributed by atoms with Crippen LogP contribution in [0.3, 0.4) is 0 Å². The Bertz CT molecular complexity index is 464. The molecule has 1 saturated heterocycles. The first-order valence-corrected chi connectivity index (χ1v) is 8.34. The van der Waals surface area contributed by atoms with E-state index in [1.165, 1.54) is 56.4 Å². The fourth-order valence-corrected chi connectivity index (χ4v) is 3.39. The van der Waals surface area contributed by atoms with Crippen molar-refractivity contribution >= 4 is 0 Å². The van der Waals surface area contributed by atoms with Crippen molar-refractivity contribution in [2.75, 3.05) is 26.7 Å². The molecule has 1 aliphatic carbocycles. The van der Waals surface area contributed by atoms with E-state index in [0.29, 0.717) is 6.04 Å². The number of aryl methyl sites for hydroxylation is 1. The van der Waals surface area contributed by atoms with Crippen molar-refractivity contribution in [1.82, 2.24) is 10.2 Å². The molecule has 1 aromatic carbocycles. The third-order valence-electron chi connectivity index (χ3n) is 4.72. The molecule has 0 bridgehead atoms. The average Bonchev–Trinajstić information content (AvgIpc) is 3.12. The number of nitrogens with one attached hydrogen (secondary N) is 1. The van der Waals surface area contributed by atoms with Crippen LogP contribution in [0.4, 0.5) is 0 Å². The minimum atomic E-state index is 0.697. The quantitative estimate of drug-likeness (QED) is 0.835. The molecular formula is C18H28N2O. The maximum Gasteiger partial charge on any atom is 0.121 e. The van der Waals surface area contributed by atoms with Gasteiger partial charge >= 0.3 is 0 Å². The van der Waals surface area contributed by atoms with Gasteiger partial charge in [-0.15, -0.1) is 0 Å². The molecule has 0 radical (unpaired) electrons. The lowest BCUT2D eigenvalue weighted by molar-refractivity contribution is 0.231. The van der Waals surface area contributed by atoms with E-state index in [1.807, 2.05) is 0 Å². The highest BCUT2D eigenvalue weighted by molar-refractivity contribution is 5.36. The van der Waals surface area contributed by atoms with Crippen molar-refractivity contribution in [2.45, 2.75) is 45.2 Å². The zero-order valence-corrected chi connectivity index (χ0v) is 13.4. The van der Waals surface area contributed by atoms with E-state index in [-0.39, 0.29) is 0 Å². The number of hydrogen-bond acceptors (Lipinski definition) is 3. The van der Waals surface area contributed by atoms with E-state index < -0.39 is 0 Å². The summed E-state index contributed by atoms with van der Waals surface area (Å²) in [7, 11) is 1.74. The van der Waals surface area contributed by atoms with Crippen LogP contribution in [0.5, 0.6) is 5.75 Å². The van der Waals surface area contributed by atoms with Crippen molar-refractivity contribution in [3.63, 3.8) is 0 Å². The summed E-state index contributed by atoms with van der Waals surface area (Å²) in [5, 5.41) is 3.63. The molecule has 116 valence electrons. The minimum absolute atomic E-state index is 0.697. The molecule has 1 saturated carbocycles. The first-order valence-electron chi connectivity index (χ1n) is 8.34. The second-order valence-corrected chi connectivity index (χ2v) is 6.73. The summed E-state index contributed by atoms with van der Waals surface area (Å²) in [5.74, 6) is 1.94. The Labute approximate surface area is 128 Å². The minimum Gasteiger partial charge on any atom is -0.496 e.